The highest BCUT2D eigenvalue weighted by Gasteiger charge is 1.94. The standard InChI is InChI=1S/C8H9ClO2/c1-3-4-5-6-7(2)11-8(9)10/h3-6H,2H2,1H3/b4-3-,6-5-. The number of allylic oxidation sites excluding steroid dienone is 4. The van der Waals surface area contributed by atoms with Gasteiger partial charge < -0.3 is 4.74 Å². The Morgan fingerprint density at radius 1 is 1.55 bits per heavy atom. The van der Waals surface area contributed by atoms with Gasteiger partial charge in [-0.05, 0) is 13.0 Å². The molecule has 0 amide bonds. The van der Waals surface area contributed by atoms with Gasteiger partial charge in [-0.25, -0.2) is 4.79 Å². The summed E-state index contributed by atoms with van der Waals surface area (Å²) in [4.78, 5) is 10.1. The van der Waals surface area contributed by atoms with Gasteiger partial charge in [0.05, 0.1) is 0 Å². The second-order valence-corrected chi connectivity index (χ2v) is 2.00. The molecule has 0 saturated heterocycles. The number of ether oxygens (including phenoxy) is 1. The number of carbonyl (C=O) groups is 1. The van der Waals surface area contributed by atoms with Crippen LogP contribution in [0.25, 0.3) is 0 Å². The molecule has 3 heteroatoms. The lowest BCUT2D eigenvalue weighted by Gasteiger charge is -1.94. The molecule has 0 aromatic heterocycles. The van der Waals surface area contributed by atoms with Crippen molar-refractivity contribution >= 4 is 17.0 Å². The van der Waals surface area contributed by atoms with Crippen molar-refractivity contribution in [3.8, 4) is 0 Å². The van der Waals surface area contributed by atoms with Crippen LogP contribution in [0.15, 0.2) is 36.6 Å². The second kappa shape index (κ2) is 5.74. The van der Waals surface area contributed by atoms with Crippen molar-refractivity contribution in [3.05, 3.63) is 36.6 Å². The van der Waals surface area contributed by atoms with Crippen molar-refractivity contribution < 1.29 is 9.53 Å². The fourth-order valence-corrected chi connectivity index (χ4v) is 0.510. The van der Waals surface area contributed by atoms with Crippen LogP contribution in [0.4, 0.5) is 4.79 Å². The number of hydrogen-bond donors (Lipinski definition) is 0. The quantitative estimate of drug-likeness (QED) is 0.372. The molecular weight excluding hydrogens is 164 g/mol. The van der Waals surface area contributed by atoms with Gasteiger partial charge in [0.1, 0.15) is 5.76 Å². The minimum atomic E-state index is -0.875. The monoisotopic (exact) mass is 172 g/mol. The smallest absolute Gasteiger partial charge is 0.409 e. The molecule has 0 aliphatic carbocycles. The van der Waals surface area contributed by atoms with Gasteiger partial charge in [-0.15, -0.1) is 0 Å². The van der Waals surface area contributed by atoms with Gasteiger partial charge in [0, 0.05) is 11.6 Å². The van der Waals surface area contributed by atoms with Gasteiger partial charge in [0.15, 0.2) is 0 Å². The average molecular weight is 173 g/mol. The van der Waals surface area contributed by atoms with E-state index in [1.807, 2.05) is 13.0 Å². The Morgan fingerprint density at radius 2 is 2.18 bits per heavy atom. The normalized spacial score (nSPS) is 10.7. The summed E-state index contributed by atoms with van der Waals surface area (Å²) in [7, 11) is 0. The molecule has 0 saturated carbocycles. The van der Waals surface area contributed by atoms with Gasteiger partial charge in [-0.2, -0.15) is 0 Å². The Hall–Kier alpha value is -1.02. The summed E-state index contributed by atoms with van der Waals surface area (Å²) in [5.74, 6) is 0.225. The van der Waals surface area contributed by atoms with Crippen molar-refractivity contribution in [2.75, 3.05) is 0 Å². The SMILES string of the molecule is C=C(/C=C\C=C/C)OC(=O)Cl. The van der Waals surface area contributed by atoms with Crippen molar-refractivity contribution in [1.29, 1.82) is 0 Å². The van der Waals surface area contributed by atoms with Gasteiger partial charge in [0.2, 0.25) is 0 Å². The molecule has 2 nitrogen and oxygen atoms in total. The second-order valence-electron chi connectivity index (χ2n) is 1.69. The van der Waals surface area contributed by atoms with E-state index in [-0.39, 0.29) is 5.76 Å². The maximum Gasteiger partial charge on any atom is 0.409 e. The summed E-state index contributed by atoms with van der Waals surface area (Å²) in [5, 5.41) is 0. The molecule has 60 valence electrons. The predicted molar refractivity (Wildman–Crippen MR) is 45.4 cm³/mol. The lowest BCUT2D eigenvalue weighted by atomic mass is 10.4. The molecule has 0 spiro atoms. The summed E-state index contributed by atoms with van der Waals surface area (Å²) in [6.45, 7) is 5.29. The largest absolute Gasteiger partial charge is 0.415 e. The third-order valence-electron chi connectivity index (χ3n) is 0.797. The van der Waals surface area contributed by atoms with Crippen LogP contribution in [0.1, 0.15) is 6.92 Å². The van der Waals surface area contributed by atoms with Gasteiger partial charge in [-0.1, -0.05) is 24.8 Å². The molecule has 0 bridgehead atoms. The Kier molecular flexibility index (Phi) is 5.21. The molecule has 0 atom stereocenters. The number of rotatable bonds is 3. The Bertz CT molecular complexity index is 204. The topological polar surface area (TPSA) is 26.3 Å². The average Bonchev–Trinajstić information content (AvgIpc) is 1.86. The van der Waals surface area contributed by atoms with Crippen LogP contribution in [-0.2, 0) is 4.74 Å². The third-order valence-corrected chi connectivity index (χ3v) is 0.874. The minimum absolute atomic E-state index is 0.225. The minimum Gasteiger partial charge on any atom is -0.415 e. The first kappa shape index (κ1) is 9.98. The Balaban J connectivity index is 3.78. The number of carbonyl (C=O) groups excluding carboxylic acids is 1. The van der Waals surface area contributed by atoms with Crippen LogP contribution < -0.4 is 0 Å². The highest BCUT2D eigenvalue weighted by Crippen LogP contribution is 1.99. The van der Waals surface area contributed by atoms with Crippen LogP contribution in [0.3, 0.4) is 0 Å². The van der Waals surface area contributed by atoms with E-state index in [1.165, 1.54) is 0 Å². The molecule has 0 aliphatic rings. The number of halogens is 1. The van der Waals surface area contributed by atoms with E-state index in [0.717, 1.165) is 0 Å². The van der Waals surface area contributed by atoms with Crippen LogP contribution >= 0.6 is 11.6 Å². The van der Waals surface area contributed by atoms with Crippen molar-refractivity contribution in [1.82, 2.24) is 0 Å². The number of hydrogen-bond acceptors (Lipinski definition) is 2. The maximum atomic E-state index is 10.1. The lowest BCUT2D eigenvalue weighted by Crippen LogP contribution is -1.89. The van der Waals surface area contributed by atoms with E-state index in [0.29, 0.717) is 0 Å². The van der Waals surface area contributed by atoms with E-state index in [1.54, 1.807) is 18.2 Å². The van der Waals surface area contributed by atoms with E-state index >= 15 is 0 Å². The Labute approximate surface area is 70.8 Å². The summed E-state index contributed by atoms with van der Waals surface area (Å²) in [5.41, 5.74) is -0.875. The fraction of sp³-hybridized carbons (Fsp3) is 0.125. The zero-order valence-electron chi connectivity index (χ0n) is 6.21. The molecule has 0 aromatic carbocycles. The van der Waals surface area contributed by atoms with Crippen molar-refractivity contribution in [2.45, 2.75) is 6.92 Å². The van der Waals surface area contributed by atoms with Crippen LogP contribution in [0, 0.1) is 0 Å². The first-order chi connectivity index (χ1) is 5.16. The first-order valence-corrected chi connectivity index (χ1v) is 3.40. The molecular formula is C8H9ClO2. The predicted octanol–water partition coefficient (Wildman–Crippen LogP) is 3.01. The highest BCUT2D eigenvalue weighted by atomic mass is 35.5. The summed E-state index contributed by atoms with van der Waals surface area (Å²) in [6.07, 6.45) is 6.86. The lowest BCUT2D eigenvalue weighted by molar-refractivity contribution is 0.206. The van der Waals surface area contributed by atoms with Crippen LogP contribution in [0.2, 0.25) is 0 Å². The zero-order chi connectivity index (χ0) is 8.69. The molecule has 0 rings (SSSR count). The molecule has 0 N–H and O–H groups in total. The van der Waals surface area contributed by atoms with Crippen LogP contribution in [-0.4, -0.2) is 5.43 Å². The van der Waals surface area contributed by atoms with E-state index in [9.17, 15) is 4.79 Å². The molecule has 0 unspecified atom stereocenters. The summed E-state index contributed by atoms with van der Waals surface area (Å²) in [6, 6.07) is 0. The fourth-order valence-electron chi connectivity index (χ4n) is 0.411. The Morgan fingerprint density at radius 3 is 2.64 bits per heavy atom. The van der Waals surface area contributed by atoms with Crippen molar-refractivity contribution in [3.63, 3.8) is 0 Å². The van der Waals surface area contributed by atoms with Gasteiger partial charge >= 0.3 is 5.43 Å². The van der Waals surface area contributed by atoms with Crippen molar-refractivity contribution in [2.24, 2.45) is 0 Å². The van der Waals surface area contributed by atoms with Gasteiger partial charge in [0.25, 0.3) is 0 Å². The van der Waals surface area contributed by atoms with E-state index in [4.69, 9.17) is 11.6 Å². The summed E-state index contributed by atoms with van der Waals surface area (Å²) < 4.78 is 4.41. The first-order valence-electron chi connectivity index (χ1n) is 3.02. The van der Waals surface area contributed by atoms with E-state index in [2.05, 4.69) is 11.3 Å². The molecule has 0 radical (unpaired) electrons. The van der Waals surface area contributed by atoms with Crippen LogP contribution in [0.5, 0.6) is 0 Å². The molecule has 0 aliphatic heterocycles. The van der Waals surface area contributed by atoms with E-state index < -0.39 is 5.43 Å². The highest BCUT2D eigenvalue weighted by molar-refractivity contribution is 6.61. The maximum absolute atomic E-state index is 10.1. The zero-order valence-corrected chi connectivity index (χ0v) is 6.97. The summed E-state index contributed by atoms with van der Waals surface area (Å²) >= 11 is 4.91. The van der Waals surface area contributed by atoms with Gasteiger partial charge in [-0.3, -0.25) is 0 Å². The molecule has 0 aromatic rings. The third kappa shape index (κ3) is 6.87. The molecule has 11 heavy (non-hydrogen) atoms. The molecule has 0 fully saturated rings. The molecule has 0 heterocycles.